The number of para-hydroxylation sites is 4. The van der Waals surface area contributed by atoms with Crippen LogP contribution in [0.25, 0.3) is 160 Å². The lowest BCUT2D eigenvalue weighted by Gasteiger charge is -2.28. The van der Waals surface area contributed by atoms with Gasteiger partial charge in [-0.05, 0) is 275 Å². The van der Waals surface area contributed by atoms with E-state index in [4.69, 9.17) is 0 Å². The standard InChI is InChI=1S/C108H80N2/c1-105(2)92-62-89-94(107(5,6)96-58-83(76-35-21-22-38-81(76)102(89)96)69-45-41-67(42-46-69)65-27-13-9-14-28-65)60-85(92)86-61-95-90(63-93(86)105)104-87-55-71(49-52-77(87)84(59-97(104)108(95,7)8)70-47-43-68(44-48-70)66-29-15-10-16-30-66)72-50-53-80-88(56-72)103-82-54-51-75(109(73-31-17-11-18-32-73)74-33-19-12-20-34-74)57-91(82)106(3,4)98(103)64-101(80)110-99-39-25-23-36-78(99)79-37-24-26-40-100(79)110/h9-64H,1-8H3. The summed E-state index contributed by atoms with van der Waals surface area (Å²) in [5.41, 5.74) is 39.7. The fraction of sp³-hybridized carbons (Fsp3) is 0.111. The molecule has 4 aliphatic carbocycles. The average Bonchev–Trinajstić information content (AvgIpc) is 1.52. The van der Waals surface area contributed by atoms with Crippen LogP contribution < -0.4 is 4.90 Å². The first-order chi connectivity index (χ1) is 53.6. The van der Waals surface area contributed by atoms with Gasteiger partial charge >= 0.3 is 0 Å². The van der Waals surface area contributed by atoms with E-state index in [9.17, 15) is 0 Å². The lowest BCUT2D eigenvalue weighted by molar-refractivity contribution is 0.649. The average molecular weight is 1410 g/mol. The number of fused-ring (bicyclic) bond motifs is 21. The molecule has 1 heterocycles. The molecule has 2 heteroatoms. The molecule has 0 spiro atoms. The fourth-order valence-corrected chi connectivity index (χ4v) is 20.4. The van der Waals surface area contributed by atoms with Gasteiger partial charge in [-0.25, -0.2) is 0 Å². The van der Waals surface area contributed by atoms with Gasteiger partial charge in [-0.2, -0.15) is 0 Å². The van der Waals surface area contributed by atoms with E-state index >= 15 is 0 Å². The highest BCUT2D eigenvalue weighted by molar-refractivity contribution is 6.16. The van der Waals surface area contributed by atoms with Crippen LogP contribution in [0.4, 0.5) is 17.1 Å². The van der Waals surface area contributed by atoms with E-state index < -0.39 is 0 Å². The van der Waals surface area contributed by atoms with Crippen molar-refractivity contribution in [1.29, 1.82) is 0 Å². The molecule has 110 heavy (non-hydrogen) atoms. The third kappa shape index (κ3) is 9.17. The minimum absolute atomic E-state index is 0.257. The number of hydrogen-bond donors (Lipinski definition) is 0. The van der Waals surface area contributed by atoms with E-state index in [-0.39, 0.29) is 21.7 Å². The van der Waals surface area contributed by atoms with Gasteiger partial charge in [-0.15, -0.1) is 0 Å². The molecule has 17 aromatic carbocycles. The molecule has 0 saturated heterocycles. The molecule has 18 aromatic rings. The van der Waals surface area contributed by atoms with Crippen molar-refractivity contribution in [2.45, 2.75) is 77.0 Å². The summed E-state index contributed by atoms with van der Waals surface area (Å²) in [5.74, 6) is 0. The molecule has 0 bridgehead atoms. The van der Waals surface area contributed by atoms with Crippen LogP contribution in [-0.2, 0) is 21.7 Å². The number of hydrogen-bond acceptors (Lipinski definition) is 1. The SMILES string of the molecule is CC1(C)c2cc3c(cc2-c2cc4c(cc21)-c1c(cc(-c2ccc(-c5ccccc5)cc2)c2ccc(-c5ccc6c(-n7c8ccccc8c8ccccc87)cc7c(c6c5)-c5ccc(N(c6ccccc6)c6ccccc6)cc5C7(C)C)cc12)C4(C)C)C(C)(C)c1cc(-c2ccc(-c4ccccc4)cc2)c2ccccc2c1-3. The highest BCUT2D eigenvalue weighted by Gasteiger charge is 2.47. The molecule has 2 nitrogen and oxygen atoms in total. The maximum absolute atomic E-state index is 2.65. The van der Waals surface area contributed by atoms with E-state index in [1.54, 1.807) is 0 Å². The van der Waals surface area contributed by atoms with Gasteiger partial charge in [0.15, 0.2) is 0 Å². The van der Waals surface area contributed by atoms with Gasteiger partial charge in [0.2, 0.25) is 0 Å². The molecule has 22 rings (SSSR count). The number of nitrogens with zero attached hydrogens (tertiary/aromatic N) is 2. The molecule has 0 unspecified atom stereocenters. The third-order valence-electron chi connectivity index (χ3n) is 26.1. The Bertz CT molecular complexity index is 6860. The molecule has 0 amide bonds. The summed E-state index contributed by atoms with van der Waals surface area (Å²) in [7, 11) is 0. The predicted molar refractivity (Wildman–Crippen MR) is 465 cm³/mol. The monoisotopic (exact) mass is 1400 g/mol. The summed E-state index contributed by atoms with van der Waals surface area (Å²) in [5, 5.41) is 10.1. The van der Waals surface area contributed by atoms with Crippen molar-refractivity contribution in [2.24, 2.45) is 0 Å². The topological polar surface area (TPSA) is 8.17 Å². The second-order valence-corrected chi connectivity index (χ2v) is 33.5. The van der Waals surface area contributed by atoms with Crippen LogP contribution in [-0.4, -0.2) is 4.57 Å². The minimum atomic E-state index is -0.369. The highest BCUT2D eigenvalue weighted by Crippen LogP contribution is 2.63. The quantitative estimate of drug-likeness (QED) is 0.140. The third-order valence-corrected chi connectivity index (χ3v) is 26.1. The Kier molecular flexibility index (Phi) is 13.6. The first kappa shape index (κ1) is 64.3. The van der Waals surface area contributed by atoms with Gasteiger partial charge < -0.3 is 9.47 Å². The molecule has 0 fully saturated rings. The Morgan fingerprint density at radius 2 is 0.518 bits per heavy atom. The number of aromatic nitrogens is 1. The second kappa shape index (κ2) is 23.3. The number of anilines is 3. The van der Waals surface area contributed by atoms with Crippen molar-refractivity contribution in [1.82, 2.24) is 4.57 Å². The summed E-state index contributed by atoms with van der Waals surface area (Å²) in [6.07, 6.45) is 0. The summed E-state index contributed by atoms with van der Waals surface area (Å²) < 4.78 is 2.55. The Hall–Kier alpha value is -12.9. The van der Waals surface area contributed by atoms with E-state index in [2.05, 4.69) is 405 Å². The van der Waals surface area contributed by atoms with Crippen molar-refractivity contribution < 1.29 is 0 Å². The first-order valence-electron chi connectivity index (χ1n) is 39.1. The van der Waals surface area contributed by atoms with Gasteiger partial charge in [0.1, 0.15) is 0 Å². The first-order valence-corrected chi connectivity index (χ1v) is 39.1. The zero-order valence-corrected chi connectivity index (χ0v) is 63.2. The molecule has 522 valence electrons. The number of rotatable bonds is 9. The Morgan fingerprint density at radius 3 is 1.02 bits per heavy atom. The van der Waals surface area contributed by atoms with Gasteiger partial charge in [0.05, 0.1) is 16.7 Å². The largest absolute Gasteiger partial charge is 0.310 e. The van der Waals surface area contributed by atoms with E-state index in [1.807, 2.05) is 0 Å². The van der Waals surface area contributed by atoms with Crippen molar-refractivity contribution in [3.8, 4) is 106 Å². The van der Waals surface area contributed by atoms with Crippen LogP contribution in [0.5, 0.6) is 0 Å². The molecule has 0 radical (unpaired) electrons. The Labute approximate surface area is 643 Å². The van der Waals surface area contributed by atoms with Gasteiger partial charge in [0, 0.05) is 54.9 Å². The maximum atomic E-state index is 2.65. The zero-order chi connectivity index (χ0) is 73.8. The summed E-state index contributed by atoms with van der Waals surface area (Å²) in [6.45, 7) is 19.8. The summed E-state index contributed by atoms with van der Waals surface area (Å²) >= 11 is 0. The van der Waals surface area contributed by atoms with Crippen LogP contribution in [0.1, 0.15) is 99.9 Å². The normalized spacial score (nSPS) is 14.7. The predicted octanol–water partition coefficient (Wildman–Crippen LogP) is 29.3. The smallest absolute Gasteiger partial charge is 0.0544 e. The van der Waals surface area contributed by atoms with Gasteiger partial charge in [0.25, 0.3) is 0 Å². The van der Waals surface area contributed by atoms with Crippen LogP contribution in [0, 0.1) is 0 Å². The molecule has 0 N–H and O–H groups in total. The summed E-state index contributed by atoms with van der Waals surface area (Å²) in [4.78, 5) is 2.40. The molecule has 4 aliphatic rings. The maximum Gasteiger partial charge on any atom is 0.0544 e. The van der Waals surface area contributed by atoms with E-state index in [0.29, 0.717) is 0 Å². The Balaban J connectivity index is 0.728. The van der Waals surface area contributed by atoms with Crippen molar-refractivity contribution in [3.05, 3.63) is 384 Å². The fourth-order valence-electron chi connectivity index (χ4n) is 20.4. The van der Waals surface area contributed by atoms with Crippen molar-refractivity contribution in [2.75, 3.05) is 4.90 Å². The van der Waals surface area contributed by atoms with Crippen LogP contribution in [0.15, 0.2) is 340 Å². The molecular weight excluding hydrogens is 1330 g/mol. The van der Waals surface area contributed by atoms with E-state index in [1.165, 1.54) is 204 Å². The minimum Gasteiger partial charge on any atom is -0.310 e. The van der Waals surface area contributed by atoms with Crippen molar-refractivity contribution in [3.63, 3.8) is 0 Å². The molecular formula is C108H80N2. The molecule has 0 atom stereocenters. The van der Waals surface area contributed by atoms with Crippen LogP contribution >= 0.6 is 0 Å². The lowest BCUT2D eigenvalue weighted by atomic mass is 9.78. The van der Waals surface area contributed by atoms with E-state index in [0.717, 1.165) is 17.1 Å². The molecule has 0 saturated carbocycles. The van der Waals surface area contributed by atoms with Crippen molar-refractivity contribution >= 4 is 71.2 Å². The number of benzene rings is 17. The van der Waals surface area contributed by atoms with Crippen LogP contribution in [0.2, 0.25) is 0 Å². The van der Waals surface area contributed by atoms with Gasteiger partial charge in [-0.3, -0.25) is 0 Å². The highest BCUT2D eigenvalue weighted by atomic mass is 15.1. The molecule has 0 aliphatic heterocycles. The second-order valence-electron chi connectivity index (χ2n) is 33.5. The summed E-state index contributed by atoms with van der Waals surface area (Å²) in [6, 6.07) is 129. The van der Waals surface area contributed by atoms with Gasteiger partial charge in [-0.1, -0.05) is 292 Å². The Morgan fingerprint density at radius 1 is 0.191 bits per heavy atom. The molecule has 1 aromatic heterocycles. The van der Waals surface area contributed by atoms with Crippen LogP contribution in [0.3, 0.4) is 0 Å². The zero-order valence-electron chi connectivity index (χ0n) is 63.2. The lowest BCUT2D eigenvalue weighted by Crippen LogP contribution is -2.17.